The van der Waals surface area contributed by atoms with Crippen molar-refractivity contribution in [3.8, 4) is 11.6 Å². The second-order valence-electron chi connectivity index (χ2n) is 4.52. The molecule has 1 aromatic heterocycles. The Bertz CT molecular complexity index is 668. The topological polar surface area (TPSA) is 61.0 Å². The molecule has 7 heteroatoms. The summed E-state index contributed by atoms with van der Waals surface area (Å²) in [5.41, 5.74) is 8.09. The third-order valence-electron chi connectivity index (χ3n) is 3.17. The minimum Gasteiger partial charge on any atom is -0.434 e. The molecule has 2 aromatic rings. The van der Waals surface area contributed by atoms with Crippen molar-refractivity contribution in [2.75, 3.05) is 5.73 Å². The lowest BCUT2D eigenvalue weighted by Crippen LogP contribution is -1.99. The van der Waals surface area contributed by atoms with Crippen LogP contribution in [0, 0.1) is 0 Å². The molecule has 0 amide bonds. The van der Waals surface area contributed by atoms with E-state index >= 15 is 0 Å². The lowest BCUT2D eigenvalue weighted by molar-refractivity contribution is 0.450. The summed E-state index contributed by atoms with van der Waals surface area (Å²) in [4.78, 5) is 0. The van der Waals surface area contributed by atoms with Crippen molar-refractivity contribution < 1.29 is 4.74 Å². The Balaban J connectivity index is 2.03. The van der Waals surface area contributed by atoms with Gasteiger partial charge in [0.15, 0.2) is 10.9 Å². The quantitative estimate of drug-likeness (QED) is 0.834. The molecular formula is C13H10Cl3N3O. The Kier molecular flexibility index (Phi) is 3.63. The fourth-order valence-electron chi connectivity index (χ4n) is 2.27. The highest BCUT2D eigenvalue weighted by Crippen LogP contribution is 2.40. The summed E-state index contributed by atoms with van der Waals surface area (Å²) in [6, 6.07) is 3.15. The van der Waals surface area contributed by atoms with Crippen LogP contribution >= 0.6 is 34.8 Å². The highest BCUT2D eigenvalue weighted by atomic mass is 35.5. The van der Waals surface area contributed by atoms with E-state index in [1.165, 1.54) is 0 Å². The summed E-state index contributed by atoms with van der Waals surface area (Å²) in [6.07, 6.45) is 2.73. The maximum absolute atomic E-state index is 6.10. The van der Waals surface area contributed by atoms with Gasteiger partial charge in [0.25, 0.3) is 0 Å². The van der Waals surface area contributed by atoms with Crippen LogP contribution in [0.2, 0.25) is 15.2 Å². The van der Waals surface area contributed by atoms with E-state index in [0.29, 0.717) is 32.5 Å². The first-order chi connectivity index (χ1) is 9.56. The number of nitrogen functional groups attached to an aromatic ring is 1. The number of fused-ring (bicyclic) bond motifs is 1. The molecular weight excluding hydrogens is 321 g/mol. The minimum absolute atomic E-state index is 0.327. The van der Waals surface area contributed by atoms with Gasteiger partial charge in [0.05, 0.1) is 10.0 Å². The molecule has 0 unspecified atom stereocenters. The van der Waals surface area contributed by atoms with Crippen molar-refractivity contribution in [3.63, 3.8) is 0 Å². The van der Waals surface area contributed by atoms with Crippen LogP contribution in [0.5, 0.6) is 11.6 Å². The number of anilines is 1. The highest BCUT2D eigenvalue weighted by Gasteiger charge is 2.23. The molecule has 3 rings (SSSR count). The number of ether oxygens (including phenoxy) is 1. The van der Waals surface area contributed by atoms with Gasteiger partial charge in [0.2, 0.25) is 5.88 Å². The average molecular weight is 331 g/mol. The molecule has 1 aromatic carbocycles. The fraction of sp³-hybridized carbons (Fsp3) is 0.231. The molecule has 0 saturated heterocycles. The van der Waals surface area contributed by atoms with Gasteiger partial charge in [-0.3, -0.25) is 0 Å². The van der Waals surface area contributed by atoms with E-state index in [9.17, 15) is 0 Å². The van der Waals surface area contributed by atoms with Crippen LogP contribution in [0.25, 0.3) is 0 Å². The van der Waals surface area contributed by atoms with Gasteiger partial charge >= 0.3 is 0 Å². The Morgan fingerprint density at radius 3 is 2.35 bits per heavy atom. The van der Waals surface area contributed by atoms with Crippen LogP contribution in [0.3, 0.4) is 0 Å². The van der Waals surface area contributed by atoms with Crippen LogP contribution in [-0.4, -0.2) is 10.2 Å². The van der Waals surface area contributed by atoms with Gasteiger partial charge in [0, 0.05) is 11.3 Å². The lowest BCUT2D eigenvalue weighted by atomic mass is 10.2. The van der Waals surface area contributed by atoms with E-state index in [1.54, 1.807) is 12.1 Å². The second kappa shape index (κ2) is 5.28. The number of rotatable bonds is 2. The fourth-order valence-corrected chi connectivity index (χ4v) is 3.10. The molecule has 0 fully saturated rings. The van der Waals surface area contributed by atoms with Crippen LogP contribution in [-0.2, 0) is 12.8 Å². The number of halogens is 3. The second-order valence-corrected chi connectivity index (χ2v) is 5.69. The standard InChI is InChI=1S/C13H10Cl3N3O/c14-9-4-6(17)5-10(15)11(9)20-13-8-3-1-2-7(8)12(16)18-19-13/h4-5H,1-3,17H2. The predicted molar refractivity (Wildman–Crippen MR) is 80.0 cm³/mol. The molecule has 0 saturated carbocycles. The lowest BCUT2D eigenvalue weighted by Gasteiger charge is -2.12. The Morgan fingerprint density at radius 2 is 1.65 bits per heavy atom. The number of nitrogens with zero attached hydrogens (tertiary/aromatic N) is 2. The molecule has 0 bridgehead atoms. The highest BCUT2D eigenvalue weighted by molar-refractivity contribution is 6.37. The molecule has 1 heterocycles. The van der Waals surface area contributed by atoms with E-state index in [1.807, 2.05) is 0 Å². The van der Waals surface area contributed by atoms with Gasteiger partial charge < -0.3 is 10.5 Å². The first kappa shape index (κ1) is 13.7. The van der Waals surface area contributed by atoms with Gasteiger partial charge in [-0.2, -0.15) is 0 Å². The molecule has 0 spiro atoms. The van der Waals surface area contributed by atoms with Crippen molar-refractivity contribution >= 4 is 40.5 Å². The SMILES string of the molecule is Nc1cc(Cl)c(Oc2nnc(Cl)c3c2CCC3)c(Cl)c1. The third-order valence-corrected chi connectivity index (χ3v) is 4.04. The summed E-state index contributed by atoms with van der Waals surface area (Å²) in [5.74, 6) is 0.726. The first-order valence-corrected chi connectivity index (χ1v) is 7.16. The number of hydrogen-bond donors (Lipinski definition) is 1. The smallest absolute Gasteiger partial charge is 0.242 e. The molecule has 1 aliphatic carbocycles. The first-order valence-electron chi connectivity index (χ1n) is 6.02. The van der Waals surface area contributed by atoms with Gasteiger partial charge in [0.1, 0.15) is 0 Å². The third kappa shape index (κ3) is 2.39. The van der Waals surface area contributed by atoms with Gasteiger partial charge in [-0.1, -0.05) is 34.8 Å². The average Bonchev–Trinajstić information content (AvgIpc) is 2.86. The van der Waals surface area contributed by atoms with E-state index in [4.69, 9.17) is 45.3 Å². The molecule has 104 valence electrons. The van der Waals surface area contributed by atoms with E-state index in [-0.39, 0.29) is 0 Å². The maximum Gasteiger partial charge on any atom is 0.242 e. The van der Waals surface area contributed by atoms with Gasteiger partial charge in [-0.25, -0.2) is 0 Å². The summed E-state index contributed by atoms with van der Waals surface area (Å²) in [6.45, 7) is 0. The Morgan fingerprint density at radius 1 is 1.00 bits per heavy atom. The van der Waals surface area contributed by atoms with Crippen LogP contribution in [0.4, 0.5) is 5.69 Å². The van der Waals surface area contributed by atoms with E-state index in [2.05, 4.69) is 10.2 Å². The van der Waals surface area contributed by atoms with Crippen LogP contribution in [0.15, 0.2) is 12.1 Å². The zero-order valence-electron chi connectivity index (χ0n) is 10.3. The van der Waals surface area contributed by atoms with E-state index < -0.39 is 0 Å². The van der Waals surface area contributed by atoms with Gasteiger partial charge in [-0.15, -0.1) is 10.2 Å². The number of aromatic nitrogens is 2. The Hall–Kier alpha value is -1.23. The summed E-state index contributed by atoms with van der Waals surface area (Å²) in [7, 11) is 0. The van der Waals surface area contributed by atoms with Crippen molar-refractivity contribution in [2.45, 2.75) is 19.3 Å². The monoisotopic (exact) mass is 329 g/mol. The number of hydrogen-bond acceptors (Lipinski definition) is 4. The molecule has 0 aliphatic heterocycles. The Labute approximate surface area is 130 Å². The normalized spacial score (nSPS) is 13.3. The van der Waals surface area contributed by atoms with E-state index in [0.717, 1.165) is 30.4 Å². The molecule has 20 heavy (non-hydrogen) atoms. The zero-order chi connectivity index (χ0) is 14.3. The summed E-state index contributed by atoms with van der Waals surface area (Å²) in [5, 5.41) is 8.99. The van der Waals surface area contributed by atoms with Crippen LogP contribution in [0.1, 0.15) is 17.5 Å². The van der Waals surface area contributed by atoms with Gasteiger partial charge in [-0.05, 0) is 37.0 Å². The van der Waals surface area contributed by atoms with Crippen molar-refractivity contribution in [2.24, 2.45) is 0 Å². The minimum atomic E-state index is 0.327. The summed E-state index contributed by atoms with van der Waals surface area (Å²) >= 11 is 18.2. The molecule has 2 N–H and O–H groups in total. The molecule has 1 aliphatic rings. The molecule has 0 atom stereocenters. The summed E-state index contributed by atoms with van der Waals surface area (Å²) < 4.78 is 5.74. The molecule has 4 nitrogen and oxygen atoms in total. The van der Waals surface area contributed by atoms with Crippen LogP contribution < -0.4 is 10.5 Å². The zero-order valence-corrected chi connectivity index (χ0v) is 12.6. The number of nitrogens with two attached hydrogens (primary N) is 1. The largest absolute Gasteiger partial charge is 0.434 e. The number of benzene rings is 1. The van der Waals surface area contributed by atoms with Crippen molar-refractivity contribution in [1.82, 2.24) is 10.2 Å². The molecule has 0 radical (unpaired) electrons. The van der Waals surface area contributed by atoms with Crippen molar-refractivity contribution in [1.29, 1.82) is 0 Å². The maximum atomic E-state index is 6.10. The van der Waals surface area contributed by atoms with Crippen molar-refractivity contribution in [3.05, 3.63) is 38.5 Å². The predicted octanol–water partition coefficient (Wildman–Crippen LogP) is 4.30.